The minimum absolute atomic E-state index is 0.108. The molecule has 0 fully saturated rings. The third kappa shape index (κ3) is 3.77. The Kier molecular flexibility index (Phi) is 4.86. The summed E-state index contributed by atoms with van der Waals surface area (Å²) >= 11 is 3.39. The van der Waals surface area contributed by atoms with Gasteiger partial charge in [0.25, 0.3) is 0 Å². The first kappa shape index (κ1) is 16.5. The van der Waals surface area contributed by atoms with Crippen LogP contribution in [0, 0.1) is 0 Å². The predicted molar refractivity (Wildman–Crippen MR) is 98.4 cm³/mol. The Labute approximate surface area is 149 Å². The topological polar surface area (TPSA) is 35.5 Å². The molecule has 0 spiro atoms. The van der Waals surface area contributed by atoms with Crippen LogP contribution in [0.5, 0.6) is 11.5 Å². The molecule has 2 aromatic carbocycles. The second-order valence-electron chi connectivity index (χ2n) is 5.74. The third-order valence-corrected chi connectivity index (χ3v) is 4.08. The first-order valence-corrected chi connectivity index (χ1v) is 8.42. The van der Waals surface area contributed by atoms with Crippen molar-refractivity contribution in [2.24, 2.45) is 0 Å². The summed E-state index contributed by atoms with van der Waals surface area (Å²) in [6.45, 7) is 4.54. The molecular weight excluding hydrogens is 368 g/mol. The summed E-state index contributed by atoms with van der Waals surface area (Å²) in [7, 11) is 0. The molecule has 0 radical (unpaired) electrons. The Morgan fingerprint density at radius 3 is 2.62 bits per heavy atom. The lowest BCUT2D eigenvalue weighted by Crippen LogP contribution is -1.97. The van der Waals surface area contributed by atoms with Gasteiger partial charge in [-0.2, -0.15) is 0 Å². The minimum Gasteiger partial charge on any atom is -0.489 e. The Hall–Kier alpha value is -2.33. The highest BCUT2D eigenvalue weighted by Crippen LogP contribution is 2.35. The number of allylic oxidation sites excluding steroid dienone is 2. The van der Waals surface area contributed by atoms with Gasteiger partial charge < -0.3 is 9.47 Å². The summed E-state index contributed by atoms with van der Waals surface area (Å²) in [6.07, 6.45) is 3.75. The molecule has 24 heavy (non-hydrogen) atoms. The van der Waals surface area contributed by atoms with E-state index in [4.69, 9.17) is 9.47 Å². The second-order valence-corrected chi connectivity index (χ2v) is 6.66. The number of hydrogen-bond acceptors (Lipinski definition) is 3. The third-order valence-electron chi connectivity index (χ3n) is 3.55. The number of ketones is 1. The first-order chi connectivity index (χ1) is 11.5. The quantitative estimate of drug-likeness (QED) is 0.522. The molecular formula is C20H17BrO3. The Morgan fingerprint density at radius 2 is 1.92 bits per heavy atom. The van der Waals surface area contributed by atoms with E-state index < -0.39 is 0 Å². The molecule has 0 aromatic heterocycles. The van der Waals surface area contributed by atoms with Crippen LogP contribution in [-0.2, 0) is 0 Å². The molecule has 0 aliphatic carbocycles. The van der Waals surface area contributed by atoms with Gasteiger partial charge in [-0.25, -0.2) is 0 Å². The zero-order valence-corrected chi connectivity index (χ0v) is 15.1. The second kappa shape index (κ2) is 7.05. The SMILES string of the molecule is CC(C)=CCOc1ccc2c(c1)OC(=Cc1ccc(Br)cc1)C2=O. The van der Waals surface area contributed by atoms with Gasteiger partial charge in [-0.3, -0.25) is 4.79 Å². The van der Waals surface area contributed by atoms with Crippen molar-refractivity contribution in [3.63, 3.8) is 0 Å². The number of Topliss-reactive ketones (excluding diaryl/α,β-unsaturated/α-hetero) is 1. The van der Waals surface area contributed by atoms with Crippen LogP contribution in [0.4, 0.5) is 0 Å². The summed E-state index contributed by atoms with van der Waals surface area (Å²) < 4.78 is 12.4. The van der Waals surface area contributed by atoms with Crippen LogP contribution >= 0.6 is 15.9 Å². The summed E-state index contributed by atoms with van der Waals surface area (Å²) in [5, 5.41) is 0. The lowest BCUT2D eigenvalue weighted by atomic mass is 10.1. The van der Waals surface area contributed by atoms with Crippen molar-refractivity contribution < 1.29 is 14.3 Å². The van der Waals surface area contributed by atoms with Crippen LogP contribution in [-0.4, -0.2) is 12.4 Å². The van der Waals surface area contributed by atoms with Crippen LogP contribution < -0.4 is 9.47 Å². The molecule has 1 aliphatic rings. The molecule has 1 heterocycles. The zero-order chi connectivity index (χ0) is 17.1. The van der Waals surface area contributed by atoms with E-state index >= 15 is 0 Å². The smallest absolute Gasteiger partial charge is 0.231 e. The highest BCUT2D eigenvalue weighted by Gasteiger charge is 2.27. The van der Waals surface area contributed by atoms with Crippen molar-refractivity contribution in [1.82, 2.24) is 0 Å². The van der Waals surface area contributed by atoms with Crippen molar-refractivity contribution in [2.45, 2.75) is 13.8 Å². The Morgan fingerprint density at radius 1 is 1.17 bits per heavy atom. The van der Waals surface area contributed by atoms with Gasteiger partial charge in [-0.05, 0) is 55.8 Å². The van der Waals surface area contributed by atoms with Crippen LogP contribution in [0.3, 0.4) is 0 Å². The van der Waals surface area contributed by atoms with E-state index in [0.29, 0.717) is 29.4 Å². The molecule has 0 N–H and O–H groups in total. The number of rotatable bonds is 4. The van der Waals surface area contributed by atoms with Gasteiger partial charge in [0.1, 0.15) is 18.1 Å². The molecule has 1 aliphatic heterocycles. The largest absolute Gasteiger partial charge is 0.489 e. The zero-order valence-electron chi connectivity index (χ0n) is 13.5. The minimum atomic E-state index is -0.108. The number of benzene rings is 2. The van der Waals surface area contributed by atoms with E-state index in [9.17, 15) is 4.79 Å². The van der Waals surface area contributed by atoms with E-state index in [1.54, 1.807) is 24.3 Å². The molecule has 0 bridgehead atoms. The molecule has 0 saturated carbocycles. The van der Waals surface area contributed by atoms with E-state index in [2.05, 4.69) is 15.9 Å². The van der Waals surface area contributed by atoms with Crippen LogP contribution in [0.2, 0.25) is 0 Å². The maximum Gasteiger partial charge on any atom is 0.231 e. The molecule has 0 atom stereocenters. The molecule has 3 nitrogen and oxygen atoms in total. The average molecular weight is 385 g/mol. The summed E-state index contributed by atoms with van der Waals surface area (Å²) in [5.74, 6) is 1.44. The van der Waals surface area contributed by atoms with Crippen molar-refractivity contribution in [3.05, 3.63) is 75.5 Å². The summed E-state index contributed by atoms with van der Waals surface area (Å²) in [5.41, 5.74) is 2.67. The maximum absolute atomic E-state index is 12.4. The van der Waals surface area contributed by atoms with Crippen molar-refractivity contribution >= 4 is 27.8 Å². The van der Waals surface area contributed by atoms with E-state index in [-0.39, 0.29) is 5.78 Å². The molecule has 0 amide bonds. The highest BCUT2D eigenvalue weighted by atomic mass is 79.9. The Bertz CT molecular complexity index is 828. The van der Waals surface area contributed by atoms with Gasteiger partial charge in [-0.15, -0.1) is 0 Å². The lowest BCUT2D eigenvalue weighted by Gasteiger charge is -2.05. The molecule has 4 heteroatoms. The number of hydrogen-bond donors (Lipinski definition) is 0. The van der Waals surface area contributed by atoms with Crippen LogP contribution in [0.1, 0.15) is 29.8 Å². The number of carbonyl (C=O) groups is 1. The summed E-state index contributed by atoms with van der Waals surface area (Å²) in [4.78, 5) is 12.4. The van der Waals surface area contributed by atoms with Gasteiger partial charge in [0, 0.05) is 10.5 Å². The van der Waals surface area contributed by atoms with Gasteiger partial charge in [0.2, 0.25) is 5.78 Å². The number of fused-ring (bicyclic) bond motifs is 1. The molecule has 0 unspecified atom stereocenters. The van der Waals surface area contributed by atoms with E-state index in [1.807, 2.05) is 44.2 Å². The fourth-order valence-corrected chi connectivity index (χ4v) is 2.54. The fourth-order valence-electron chi connectivity index (χ4n) is 2.27. The molecule has 0 saturated heterocycles. The van der Waals surface area contributed by atoms with Gasteiger partial charge in [-0.1, -0.05) is 33.6 Å². The van der Waals surface area contributed by atoms with Crippen LogP contribution in [0.15, 0.2) is 64.3 Å². The van der Waals surface area contributed by atoms with Crippen molar-refractivity contribution in [3.8, 4) is 11.5 Å². The molecule has 3 rings (SSSR count). The van der Waals surface area contributed by atoms with Gasteiger partial charge in [0.05, 0.1) is 5.56 Å². The molecule has 2 aromatic rings. The van der Waals surface area contributed by atoms with E-state index in [0.717, 1.165) is 10.0 Å². The van der Waals surface area contributed by atoms with Crippen LogP contribution in [0.25, 0.3) is 6.08 Å². The van der Waals surface area contributed by atoms with E-state index in [1.165, 1.54) is 5.57 Å². The van der Waals surface area contributed by atoms with Crippen molar-refractivity contribution in [2.75, 3.05) is 6.61 Å². The maximum atomic E-state index is 12.4. The Balaban J connectivity index is 1.79. The standard InChI is InChI=1S/C20H17BrO3/c1-13(2)9-10-23-16-7-8-17-18(12-16)24-19(20(17)22)11-14-3-5-15(21)6-4-14/h3-9,11-12H,10H2,1-2H3. The molecule has 122 valence electrons. The fraction of sp³-hybridized carbons (Fsp3) is 0.150. The number of ether oxygens (including phenoxy) is 2. The summed E-state index contributed by atoms with van der Waals surface area (Å²) in [6, 6.07) is 13.0. The normalized spacial score (nSPS) is 14.3. The monoisotopic (exact) mass is 384 g/mol. The van der Waals surface area contributed by atoms with Crippen molar-refractivity contribution in [1.29, 1.82) is 0 Å². The number of halogens is 1. The first-order valence-electron chi connectivity index (χ1n) is 7.63. The highest BCUT2D eigenvalue weighted by molar-refractivity contribution is 9.10. The number of carbonyl (C=O) groups excluding carboxylic acids is 1. The van der Waals surface area contributed by atoms with Gasteiger partial charge in [0.15, 0.2) is 5.76 Å². The lowest BCUT2D eigenvalue weighted by molar-refractivity contribution is 0.101. The average Bonchev–Trinajstić information content (AvgIpc) is 2.85. The predicted octanol–water partition coefficient (Wildman–Crippen LogP) is 5.41. The van der Waals surface area contributed by atoms with Gasteiger partial charge >= 0.3 is 0 Å².